The summed E-state index contributed by atoms with van der Waals surface area (Å²) in [5, 5.41) is 2.72. The molecule has 0 unspecified atom stereocenters. The Bertz CT molecular complexity index is 1050. The number of hydrogen-bond acceptors (Lipinski definition) is 5. The predicted molar refractivity (Wildman–Crippen MR) is 110 cm³/mol. The minimum absolute atomic E-state index is 0.0194. The van der Waals surface area contributed by atoms with Crippen LogP contribution in [0, 0.1) is 0 Å². The minimum Gasteiger partial charge on any atom is -0.495 e. The van der Waals surface area contributed by atoms with Crippen molar-refractivity contribution in [2.24, 2.45) is 0 Å². The van der Waals surface area contributed by atoms with Gasteiger partial charge in [-0.25, -0.2) is 12.7 Å². The fourth-order valence-electron chi connectivity index (χ4n) is 3.16. The van der Waals surface area contributed by atoms with Crippen molar-refractivity contribution >= 4 is 33.2 Å². The van der Waals surface area contributed by atoms with Crippen LogP contribution in [-0.2, 0) is 14.8 Å². The molecular weight excluding hydrogens is 394 g/mol. The zero-order valence-electron chi connectivity index (χ0n) is 16.5. The predicted octanol–water partition coefficient (Wildman–Crippen LogP) is 2.32. The Morgan fingerprint density at radius 2 is 1.90 bits per heavy atom. The summed E-state index contributed by atoms with van der Waals surface area (Å²) < 4.78 is 31.4. The van der Waals surface area contributed by atoms with E-state index in [2.05, 4.69) is 5.32 Å². The zero-order chi connectivity index (χ0) is 21.2. The zero-order valence-corrected chi connectivity index (χ0v) is 17.3. The molecule has 0 aliphatic carbocycles. The van der Waals surface area contributed by atoms with E-state index in [9.17, 15) is 18.0 Å². The lowest BCUT2D eigenvalue weighted by molar-refractivity contribution is -0.117. The molecule has 29 heavy (non-hydrogen) atoms. The molecule has 0 saturated carbocycles. The highest BCUT2D eigenvalue weighted by Gasteiger charge is 2.26. The summed E-state index contributed by atoms with van der Waals surface area (Å²) in [5.41, 5.74) is 1.19. The third kappa shape index (κ3) is 4.10. The second kappa shape index (κ2) is 8.22. The molecule has 2 aromatic carbocycles. The summed E-state index contributed by atoms with van der Waals surface area (Å²) in [4.78, 5) is 26.6. The number of nitrogens with zero attached hydrogens (tertiary/aromatic N) is 2. The van der Waals surface area contributed by atoms with Gasteiger partial charge in [0.15, 0.2) is 0 Å². The Kier molecular flexibility index (Phi) is 5.90. The Balaban J connectivity index is 1.94. The van der Waals surface area contributed by atoms with Gasteiger partial charge in [0.25, 0.3) is 5.91 Å². The van der Waals surface area contributed by atoms with Crippen LogP contribution in [0.2, 0.25) is 0 Å². The maximum absolute atomic E-state index is 12.9. The lowest BCUT2D eigenvalue weighted by Gasteiger charge is -2.20. The average Bonchev–Trinajstić information content (AvgIpc) is 3.13. The summed E-state index contributed by atoms with van der Waals surface area (Å²) >= 11 is 0. The summed E-state index contributed by atoms with van der Waals surface area (Å²) in [6, 6.07) is 11.3. The Labute approximate surface area is 170 Å². The third-order valence-corrected chi connectivity index (χ3v) is 6.53. The van der Waals surface area contributed by atoms with Crippen LogP contribution in [0.4, 0.5) is 11.4 Å². The lowest BCUT2D eigenvalue weighted by Crippen LogP contribution is -2.27. The molecule has 3 rings (SSSR count). The van der Waals surface area contributed by atoms with Gasteiger partial charge in [-0.1, -0.05) is 12.1 Å². The van der Waals surface area contributed by atoms with Crippen molar-refractivity contribution in [3.8, 4) is 5.75 Å². The van der Waals surface area contributed by atoms with Crippen LogP contribution in [0.15, 0.2) is 47.4 Å². The highest BCUT2D eigenvalue weighted by atomic mass is 32.2. The number of methoxy groups -OCH3 is 1. The standard InChI is InChI=1S/C20H23N3O5S/c1-22(2)29(26,27)18-13-14(10-11-17(18)28-3)21-20(25)15-7-4-5-8-16(15)23-12-6-9-19(23)24/h4-5,7-8,10-11,13H,6,9,12H2,1-3H3,(H,21,25). The maximum Gasteiger partial charge on any atom is 0.257 e. The summed E-state index contributed by atoms with van der Waals surface area (Å²) in [7, 11) is 0.454. The normalized spacial score (nSPS) is 14.3. The van der Waals surface area contributed by atoms with E-state index in [4.69, 9.17) is 4.74 Å². The fraction of sp³-hybridized carbons (Fsp3) is 0.300. The van der Waals surface area contributed by atoms with E-state index in [1.54, 1.807) is 35.2 Å². The van der Waals surface area contributed by atoms with Gasteiger partial charge in [0.1, 0.15) is 10.6 Å². The van der Waals surface area contributed by atoms with Gasteiger partial charge >= 0.3 is 0 Å². The van der Waals surface area contributed by atoms with Crippen molar-refractivity contribution in [1.82, 2.24) is 4.31 Å². The molecule has 0 spiro atoms. The van der Waals surface area contributed by atoms with Crippen molar-refractivity contribution in [1.29, 1.82) is 0 Å². The number of amides is 2. The van der Waals surface area contributed by atoms with E-state index in [0.717, 1.165) is 10.7 Å². The first-order chi connectivity index (χ1) is 13.8. The molecule has 0 aromatic heterocycles. The maximum atomic E-state index is 12.9. The number of benzene rings is 2. The molecule has 1 N–H and O–H groups in total. The lowest BCUT2D eigenvalue weighted by atomic mass is 10.1. The van der Waals surface area contributed by atoms with Crippen molar-refractivity contribution in [3.05, 3.63) is 48.0 Å². The Hall–Kier alpha value is -2.91. The first kappa shape index (κ1) is 20.8. The van der Waals surface area contributed by atoms with Gasteiger partial charge in [0, 0.05) is 32.7 Å². The summed E-state index contributed by atoms with van der Waals surface area (Å²) in [5.74, 6) is -0.271. The van der Waals surface area contributed by atoms with Gasteiger partial charge in [0.2, 0.25) is 15.9 Å². The number of sulfonamides is 1. The second-order valence-electron chi connectivity index (χ2n) is 6.77. The van der Waals surface area contributed by atoms with Crippen molar-refractivity contribution < 1.29 is 22.7 Å². The van der Waals surface area contributed by atoms with Crippen LogP contribution in [0.25, 0.3) is 0 Å². The first-order valence-electron chi connectivity index (χ1n) is 9.07. The number of ether oxygens (including phenoxy) is 1. The summed E-state index contributed by atoms with van der Waals surface area (Å²) in [6.45, 7) is 0.566. The smallest absolute Gasteiger partial charge is 0.257 e. The molecule has 2 amide bonds. The number of carbonyl (C=O) groups is 2. The van der Waals surface area contributed by atoms with Gasteiger partial charge in [0.05, 0.1) is 18.4 Å². The van der Waals surface area contributed by atoms with Crippen molar-refractivity contribution in [2.75, 3.05) is 38.0 Å². The van der Waals surface area contributed by atoms with E-state index in [1.807, 2.05) is 0 Å². The van der Waals surface area contributed by atoms with E-state index in [-0.39, 0.29) is 16.6 Å². The molecular formula is C20H23N3O5S. The third-order valence-electron chi connectivity index (χ3n) is 4.69. The number of carbonyl (C=O) groups excluding carboxylic acids is 2. The highest BCUT2D eigenvalue weighted by Crippen LogP contribution is 2.30. The molecule has 0 radical (unpaired) electrons. The second-order valence-corrected chi connectivity index (χ2v) is 8.89. The number of rotatable bonds is 6. The van der Waals surface area contributed by atoms with Gasteiger partial charge < -0.3 is 15.0 Å². The van der Waals surface area contributed by atoms with E-state index < -0.39 is 15.9 Å². The molecule has 154 valence electrons. The molecule has 1 heterocycles. The van der Waals surface area contributed by atoms with Crippen LogP contribution in [0.5, 0.6) is 5.75 Å². The Morgan fingerprint density at radius 3 is 2.52 bits per heavy atom. The molecule has 1 saturated heterocycles. The minimum atomic E-state index is -3.77. The molecule has 2 aromatic rings. The van der Waals surface area contributed by atoms with Crippen LogP contribution in [0.1, 0.15) is 23.2 Å². The molecule has 0 bridgehead atoms. The first-order valence-corrected chi connectivity index (χ1v) is 10.5. The number of anilines is 2. The van der Waals surface area contributed by atoms with Crippen LogP contribution in [-0.4, -0.2) is 52.3 Å². The van der Waals surface area contributed by atoms with Crippen molar-refractivity contribution in [3.63, 3.8) is 0 Å². The van der Waals surface area contributed by atoms with Crippen molar-refractivity contribution in [2.45, 2.75) is 17.7 Å². The molecule has 1 aliphatic rings. The molecule has 1 aliphatic heterocycles. The molecule has 9 heteroatoms. The van der Waals surface area contributed by atoms with Crippen LogP contribution >= 0.6 is 0 Å². The number of nitrogens with one attached hydrogen (secondary N) is 1. The average molecular weight is 417 g/mol. The van der Waals surface area contributed by atoms with Gasteiger partial charge in [-0.05, 0) is 36.8 Å². The van der Waals surface area contributed by atoms with Crippen LogP contribution in [0.3, 0.4) is 0 Å². The molecule has 0 atom stereocenters. The largest absolute Gasteiger partial charge is 0.495 e. The number of para-hydroxylation sites is 1. The SMILES string of the molecule is COc1ccc(NC(=O)c2ccccc2N2CCCC2=O)cc1S(=O)(=O)N(C)C. The quantitative estimate of drug-likeness (QED) is 0.778. The van der Waals surface area contributed by atoms with Crippen LogP contribution < -0.4 is 15.0 Å². The van der Waals surface area contributed by atoms with E-state index in [1.165, 1.54) is 33.3 Å². The van der Waals surface area contributed by atoms with Gasteiger partial charge in [-0.2, -0.15) is 0 Å². The fourth-order valence-corrected chi connectivity index (χ4v) is 4.23. The Morgan fingerprint density at radius 1 is 1.17 bits per heavy atom. The molecule has 8 nitrogen and oxygen atoms in total. The van der Waals surface area contributed by atoms with Gasteiger partial charge in [-0.15, -0.1) is 0 Å². The van der Waals surface area contributed by atoms with E-state index >= 15 is 0 Å². The van der Waals surface area contributed by atoms with E-state index in [0.29, 0.717) is 29.9 Å². The highest BCUT2D eigenvalue weighted by molar-refractivity contribution is 7.89. The topological polar surface area (TPSA) is 96.0 Å². The molecule has 1 fully saturated rings. The summed E-state index contributed by atoms with van der Waals surface area (Å²) in [6.07, 6.45) is 1.21. The number of hydrogen-bond donors (Lipinski definition) is 1. The van der Waals surface area contributed by atoms with Gasteiger partial charge in [-0.3, -0.25) is 9.59 Å². The monoisotopic (exact) mass is 417 g/mol.